The molecule has 1 aliphatic heterocycles. The molecule has 1 amide bonds. The van der Waals surface area contributed by atoms with Crippen LogP contribution in [-0.4, -0.2) is 29.8 Å². The molecule has 3 aromatic rings. The standard InChI is InChI=1S/C31H32N2O3/c1-3-35-26-17-13-22(14-18-26)21-25-11-8-12-28-29(25)32-33(31(34)24-9-6-5-7-10-24)30(28)23-15-19-27(20-16-23)36-4-2/h5-7,9-10,13-21,28,30H,3-4,8,11-12H2,1-2H3/b25-21+/t28-,30-/m0/s1. The number of ether oxygens (including phenoxy) is 2. The van der Waals surface area contributed by atoms with Gasteiger partial charge in [0.1, 0.15) is 11.5 Å². The zero-order valence-corrected chi connectivity index (χ0v) is 20.9. The number of hydrogen-bond donors (Lipinski definition) is 0. The summed E-state index contributed by atoms with van der Waals surface area (Å²) >= 11 is 0. The van der Waals surface area contributed by atoms with Gasteiger partial charge in [-0.1, -0.05) is 42.5 Å². The first-order chi connectivity index (χ1) is 17.7. The summed E-state index contributed by atoms with van der Waals surface area (Å²) in [5.74, 6) is 1.78. The average Bonchev–Trinajstić information content (AvgIpc) is 3.31. The highest BCUT2D eigenvalue weighted by Crippen LogP contribution is 2.45. The van der Waals surface area contributed by atoms with Crippen LogP contribution in [0.25, 0.3) is 6.08 Å². The number of carbonyl (C=O) groups excluding carboxylic acids is 1. The molecule has 0 spiro atoms. The minimum atomic E-state index is -0.146. The van der Waals surface area contributed by atoms with Gasteiger partial charge in [0.15, 0.2) is 0 Å². The average molecular weight is 481 g/mol. The first-order valence-electron chi connectivity index (χ1n) is 12.8. The smallest absolute Gasteiger partial charge is 0.274 e. The van der Waals surface area contributed by atoms with Crippen molar-refractivity contribution in [2.45, 2.75) is 39.2 Å². The van der Waals surface area contributed by atoms with Crippen LogP contribution in [0.1, 0.15) is 60.6 Å². The van der Waals surface area contributed by atoms with E-state index in [9.17, 15) is 4.79 Å². The Morgan fingerprint density at radius 1 is 0.917 bits per heavy atom. The highest BCUT2D eigenvalue weighted by molar-refractivity contribution is 6.09. The van der Waals surface area contributed by atoms with Gasteiger partial charge in [-0.05, 0) is 92.3 Å². The van der Waals surface area contributed by atoms with Gasteiger partial charge in [0.25, 0.3) is 5.91 Å². The third-order valence-corrected chi connectivity index (χ3v) is 6.79. The fourth-order valence-electron chi connectivity index (χ4n) is 5.17. The molecule has 5 heteroatoms. The Morgan fingerprint density at radius 3 is 2.19 bits per heavy atom. The summed E-state index contributed by atoms with van der Waals surface area (Å²) in [5, 5.41) is 6.71. The number of amides is 1. The van der Waals surface area contributed by atoms with Gasteiger partial charge < -0.3 is 9.47 Å². The third kappa shape index (κ3) is 4.92. The summed E-state index contributed by atoms with van der Waals surface area (Å²) in [4.78, 5) is 13.7. The van der Waals surface area contributed by atoms with Gasteiger partial charge in [0.05, 0.1) is 25.0 Å². The Balaban J connectivity index is 1.51. The number of fused-ring (bicyclic) bond motifs is 1. The maximum Gasteiger partial charge on any atom is 0.274 e. The Kier molecular flexibility index (Phi) is 7.17. The maximum atomic E-state index is 13.7. The van der Waals surface area contributed by atoms with E-state index in [1.54, 1.807) is 5.01 Å². The second-order valence-corrected chi connectivity index (χ2v) is 9.12. The van der Waals surface area contributed by atoms with Crippen molar-refractivity contribution in [2.75, 3.05) is 13.2 Å². The van der Waals surface area contributed by atoms with E-state index in [-0.39, 0.29) is 17.9 Å². The molecule has 0 unspecified atom stereocenters. The number of hydrazone groups is 1. The topological polar surface area (TPSA) is 51.1 Å². The quantitative estimate of drug-likeness (QED) is 0.369. The van der Waals surface area contributed by atoms with Crippen LogP contribution in [-0.2, 0) is 0 Å². The van der Waals surface area contributed by atoms with Crippen LogP contribution in [0.3, 0.4) is 0 Å². The molecule has 5 rings (SSSR count). The first-order valence-corrected chi connectivity index (χ1v) is 12.8. The normalized spacial score (nSPS) is 20.1. The van der Waals surface area contributed by atoms with Gasteiger partial charge in [-0.15, -0.1) is 0 Å². The molecule has 0 aromatic heterocycles. The van der Waals surface area contributed by atoms with Crippen molar-refractivity contribution in [1.82, 2.24) is 5.01 Å². The number of carbonyl (C=O) groups is 1. The monoisotopic (exact) mass is 480 g/mol. The lowest BCUT2D eigenvalue weighted by Gasteiger charge is -2.29. The highest BCUT2D eigenvalue weighted by Gasteiger charge is 2.43. The number of rotatable bonds is 7. The van der Waals surface area contributed by atoms with Crippen LogP contribution in [0.15, 0.2) is 89.5 Å². The van der Waals surface area contributed by atoms with Gasteiger partial charge in [0, 0.05) is 11.5 Å². The molecular formula is C31H32N2O3. The van der Waals surface area contributed by atoms with E-state index in [0.717, 1.165) is 47.6 Å². The van der Waals surface area contributed by atoms with Crippen LogP contribution >= 0.6 is 0 Å². The van der Waals surface area contributed by atoms with Crippen molar-refractivity contribution < 1.29 is 14.3 Å². The molecule has 1 fully saturated rings. The van der Waals surface area contributed by atoms with E-state index in [1.807, 2.05) is 68.4 Å². The Hall–Kier alpha value is -3.86. The van der Waals surface area contributed by atoms with E-state index in [2.05, 4.69) is 30.3 Å². The molecule has 0 saturated heterocycles. The van der Waals surface area contributed by atoms with Crippen molar-refractivity contribution in [2.24, 2.45) is 11.0 Å². The Morgan fingerprint density at radius 2 is 1.56 bits per heavy atom. The van der Waals surface area contributed by atoms with Gasteiger partial charge in [-0.3, -0.25) is 4.79 Å². The van der Waals surface area contributed by atoms with Crippen LogP contribution in [0, 0.1) is 5.92 Å². The molecule has 1 heterocycles. The molecule has 3 aromatic carbocycles. The molecule has 2 aliphatic rings. The largest absolute Gasteiger partial charge is 0.494 e. The zero-order valence-electron chi connectivity index (χ0n) is 20.9. The molecule has 0 N–H and O–H groups in total. The van der Waals surface area contributed by atoms with Crippen LogP contribution in [0.2, 0.25) is 0 Å². The molecule has 0 radical (unpaired) electrons. The minimum Gasteiger partial charge on any atom is -0.494 e. The van der Waals surface area contributed by atoms with E-state index >= 15 is 0 Å². The number of nitrogens with zero attached hydrogens (tertiary/aromatic N) is 2. The number of benzene rings is 3. The summed E-state index contributed by atoms with van der Waals surface area (Å²) in [6.45, 7) is 5.24. The van der Waals surface area contributed by atoms with Crippen LogP contribution < -0.4 is 9.47 Å². The molecule has 1 saturated carbocycles. The molecule has 184 valence electrons. The van der Waals surface area contributed by atoms with Gasteiger partial charge in [-0.25, -0.2) is 5.01 Å². The maximum absolute atomic E-state index is 13.7. The fourth-order valence-corrected chi connectivity index (χ4v) is 5.17. The van der Waals surface area contributed by atoms with Gasteiger partial charge >= 0.3 is 0 Å². The second-order valence-electron chi connectivity index (χ2n) is 9.12. The number of hydrogen-bond acceptors (Lipinski definition) is 4. The molecule has 36 heavy (non-hydrogen) atoms. The summed E-state index contributed by atoms with van der Waals surface area (Å²) in [6.07, 6.45) is 5.22. The lowest BCUT2D eigenvalue weighted by molar-refractivity contribution is 0.0681. The highest BCUT2D eigenvalue weighted by atomic mass is 16.5. The Labute approximate surface area is 213 Å². The summed E-state index contributed by atoms with van der Waals surface area (Å²) in [5.41, 5.74) is 5.07. The predicted octanol–water partition coefficient (Wildman–Crippen LogP) is 6.92. The lowest BCUT2D eigenvalue weighted by Crippen LogP contribution is -2.31. The van der Waals surface area contributed by atoms with Crippen molar-refractivity contribution in [3.63, 3.8) is 0 Å². The molecule has 1 aliphatic carbocycles. The molecule has 2 atom stereocenters. The van der Waals surface area contributed by atoms with Gasteiger partial charge in [0.2, 0.25) is 0 Å². The van der Waals surface area contributed by atoms with Crippen molar-refractivity contribution >= 4 is 17.7 Å². The van der Waals surface area contributed by atoms with E-state index in [4.69, 9.17) is 14.6 Å². The summed E-state index contributed by atoms with van der Waals surface area (Å²) in [7, 11) is 0. The van der Waals surface area contributed by atoms with Crippen molar-refractivity contribution in [1.29, 1.82) is 0 Å². The Bertz CT molecular complexity index is 1250. The SMILES string of the molecule is CCOc1ccc(/C=C2\CCC[C@H]3C2=NN(C(=O)c2ccccc2)[C@H]3c2ccc(OCC)cc2)cc1. The second kappa shape index (κ2) is 10.8. The zero-order chi connectivity index (χ0) is 24.9. The molecule has 0 bridgehead atoms. The summed E-state index contributed by atoms with van der Waals surface area (Å²) < 4.78 is 11.2. The van der Waals surface area contributed by atoms with Crippen molar-refractivity contribution in [3.05, 3.63) is 101 Å². The first kappa shape index (κ1) is 23.9. The van der Waals surface area contributed by atoms with Crippen LogP contribution in [0.4, 0.5) is 0 Å². The van der Waals surface area contributed by atoms with Gasteiger partial charge in [-0.2, -0.15) is 5.10 Å². The molecular weight excluding hydrogens is 448 g/mol. The van der Waals surface area contributed by atoms with Crippen LogP contribution in [0.5, 0.6) is 11.5 Å². The van der Waals surface area contributed by atoms with E-state index in [0.29, 0.717) is 18.8 Å². The molecule has 5 nitrogen and oxygen atoms in total. The third-order valence-electron chi connectivity index (χ3n) is 6.79. The fraction of sp³-hybridized carbons (Fsp3) is 0.290. The minimum absolute atomic E-state index is 0.0724. The van der Waals surface area contributed by atoms with E-state index < -0.39 is 0 Å². The predicted molar refractivity (Wildman–Crippen MR) is 143 cm³/mol. The van der Waals surface area contributed by atoms with Crippen molar-refractivity contribution in [3.8, 4) is 11.5 Å². The summed E-state index contributed by atoms with van der Waals surface area (Å²) in [6, 6.07) is 25.6. The number of allylic oxidation sites excluding steroid dienone is 1. The lowest BCUT2D eigenvalue weighted by atomic mass is 9.77. The van der Waals surface area contributed by atoms with E-state index in [1.165, 1.54) is 5.57 Å².